The zero-order chi connectivity index (χ0) is 24.0. The topological polar surface area (TPSA) is 207 Å². The first-order valence-electron chi connectivity index (χ1n) is 10.2. The minimum Gasteiger partial charge on any atom is -0.397 e. The number of aliphatic hydroxyl groups excluding tert-OH is 7. The van der Waals surface area contributed by atoms with Crippen molar-refractivity contribution in [3.05, 3.63) is 0 Å². The summed E-state index contributed by atoms with van der Waals surface area (Å²) in [5, 5.41) is 69.7. The van der Waals surface area contributed by atoms with Gasteiger partial charge in [0.15, 0.2) is 0 Å². The first-order valence-corrected chi connectivity index (χ1v) is 10.2. The molecule has 3 unspecified atom stereocenters. The maximum absolute atomic E-state index is 8.88. The van der Waals surface area contributed by atoms with Crippen LogP contribution in [0.2, 0.25) is 0 Å². The first kappa shape index (κ1) is 57.8. The number of ether oxygens (including phenoxy) is 2. The molecule has 0 spiro atoms. The van der Waals surface area contributed by atoms with Crippen molar-refractivity contribution in [2.45, 2.75) is 70.7 Å². The van der Waals surface area contributed by atoms with Crippen molar-refractivity contribution in [2.24, 2.45) is 0 Å². The van der Waals surface area contributed by atoms with Crippen LogP contribution in [0.4, 0.5) is 0 Å². The Morgan fingerprint density at radius 1 is 0.647 bits per heavy atom. The van der Waals surface area contributed by atoms with E-state index in [1.807, 2.05) is 6.92 Å². The average Bonchev–Trinajstić information content (AvgIpc) is 3.63. The molecule has 0 amide bonds. The largest absolute Gasteiger partial charge is 0.397 e. The van der Waals surface area contributed by atoms with Gasteiger partial charge < -0.3 is 55.4 Å². The van der Waals surface area contributed by atoms with Crippen molar-refractivity contribution >= 4 is 0 Å². The molecule has 0 aliphatic carbocycles. The molecule has 11 nitrogen and oxygen atoms in total. The Balaban J connectivity index is -0.0000000406. The van der Waals surface area contributed by atoms with Gasteiger partial charge in [-0.25, -0.2) is 0 Å². The fourth-order valence-electron chi connectivity index (χ4n) is 1.46. The predicted molar refractivity (Wildman–Crippen MR) is 111 cm³/mol. The third kappa shape index (κ3) is 83.4. The molecule has 0 aromatic rings. The zero-order valence-corrected chi connectivity index (χ0v) is 32.1. The van der Waals surface area contributed by atoms with Gasteiger partial charge in [-0.15, -0.1) is 0 Å². The number of hydrogen-bond acceptors (Lipinski definition) is 11. The fraction of sp³-hybridized carbons (Fsp3) is 1.00. The molecule has 0 aromatic heterocycles. The standard InChI is InChI=1S/C6H14O2.C5H10O2.C4H8O2.C2H6O.2CH4O2.4Y/c1-2-6(8)4-3-5-7;6-3-1-2-5-4-7-5;5-2-1-4-3-6-4;1-2-3;2*2-1-3;;;;/h6-8H,2-5H2,1H3;5-6H,1-4H2;4-5H,1-3H2;3H,2H2,1H3;2*2-3H,1H2;;;;. The molecule has 15 heteroatoms. The quantitative estimate of drug-likeness (QED) is 0.0949. The molecular formula is C19H46O11Y4. The van der Waals surface area contributed by atoms with Crippen LogP contribution in [-0.2, 0) is 140 Å². The molecule has 0 aromatic carbocycles. The van der Waals surface area contributed by atoms with Gasteiger partial charge in [-0.1, -0.05) is 6.92 Å². The Bertz CT molecular complexity index is 266. The number of aliphatic hydroxyl groups is 9. The molecule has 2 heterocycles. The molecule has 2 aliphatic heterocycles. The van der Waals surface area contributed by atoms with E-state index in [0.717, 1.165) is 51.7 Å². The summed E-state index contributed by atoms with van der Waals surface area (Å²) in [6, 6.07) is 0. The van der Waals surface area contributed by atoms with Crippen LogP contribution >= 0.6 is 0 Å². The average molecular weight is 806 g/mol. The summed E-state index contributed by atoms with van der Waals surface area (Å²) in [4.78, 5) is 0. The Morgan fingerprint density at radius 2 is 0.971 bits per heavy atom. The molecule has 2 rings (SSSR count). The van der Waals surface area contributed by atoms with Gasteiger partial charge in [0, 0.05) is 157 Å². The van der Waals surface area contributed by atoms with E-state index in [2.05, 4.69) is 0 Å². The van der Waals surface area contributed by atoms with Gasteiger partial charge in [0.2, 0.25) is 0 Å². The maximum atomic E-state index is 8.88. The molecule has 200 valence electrons. The van der Waals surface area contributed by atoms with Crippen molar-refractivity contribution < 1.29 is 186 Å². The van der Waals surface area contributed by atoms with Crippen LogP contribution < -0.4 is 0 Å². The van der Waals surface area contributed by atoms with E-state index >= 15 is 0 Å². The van der Waals surface area contributed by atoms with Crippen LogP contribution in [0.25, 0.3) is 0 Å². The van der Waals surface area contributed by atoms with Crippen LogP contribution in [0.15, 0.2) is 0 Å². The minimum absolute atomic E-state index is 0. The molecule has 2 fully saturated rings. The SMILES string of the molecule is CCC(O)CCCO.CCO.OCCC1CO1.OCCCC1CO1.OCO.OCO.[Y].[Y].[Y].[Y]. The molecular weight excluding hydrogens is 760 g/mol. The molecule has 2 aliphatic rings. The fourth-order valence-corrected chi connectivity index (χ4v) is 1.46. The zero-order valence-electron chi connectivity index (χ0n) is 20.8. The minimum atomic E-state index is -0.750. The van der Waals surface area contributed by atoms with E-state index in [0.29, 0.717) is 18.8 Å². The van der Waals surface area contributed by atoms with E-state index in [1.165, 1.54) is 0 Å². The van der Waals surface area contributed by atoms with Gasteiger partial charge in [-0.2, -0.15) is 0 Å². The van der Waals surface area contributed by atoms with Crippen LogP contribution in [0.3, 0.4) is 0 Å². The van der Waals surface area contributed by atoms with Crippen molar-refractivity contribution in [1.29, 1.82) is 0 Å². The van der Waals surface area contributed by atoms with Crippen LogP contribution in [0, 0.1) is 0 Å². The van der Waals surface area contributed by atoms with Crippen molar-refractivity contribution in [3.8, 4) is 0 Å². The molecule has 4 radical (unpaired) electrons. The maximum Gasteiger partial charge on any atom is 0.140 e. The van der Waals surface area contributed by atoms with Gasteiger partial charge in [-0.3, -0.25) is 0 Å². The van der Waals surface area contributed by atoms with Crippen molar-refractivity contribution in [2.75, 3.05) is 53.2 Å². The summed E-state index contributed by atoms with van der Waals surface area (Å²) >= 11 is 0. The van der Waals surface area contributed by atoms with Gasteiger partial charge in [0.25, 0.3) is 0 Å². The summed E-state index contributed by atoms with van der Waals surface area (Å²) < 4.78 is 9.69. The number of hydrogen-bond donors (Lipinski definition) is 9. The normalized spacial score (nSPS) is 16.0. The monoisotopic (exact) mass is 806 g/mol. The second kappa shape index (κ2) is 57.0. The molecule has 2 saturated heterocycles. The van der Waals surface area contributed by atoms with Crippen LogP contribution in [-0.4, -0.2) is 117 Å². The Morgan fingerprint density at radius 3 is 1.18 bits per heavy atom. The second-order valence-electron chi connectivity index (χ2n) is 5.82. The smallest absolute Gasteiger partial charge is 0.140 e. The van der Waals surface area contributed by atoms with E-state index in [-0.39, 0.29) is 157 Å². The van der Waals surface area contributed by atoms with E-state index in [1.54, 1.807) is 6.92 Å². The second-order valence-corrected chi connectivity index (χ2v) is 5.82. The van der Waals surface area contributed by atoms with Crippen molar-refractivity contribution in [3.63, 3.8) is 0 Å². The Hall–Kier alpha value is 3.98. The van der Waals surface area contributed by atoms with E-state index in [4.69, 9.17) is 55.4 Å². The predicted octanol–water partition coefficient (Wildman–Crippen LogP) is -1.70. The third-order valence-corrected chi connectivity index (χ3v) is 3.11. The summed E-state index contributed by atoms with van der Waals surface area (Å²) in [5.41, 5.74) is 0. The van der Waals surface area contributed by atoms with Crippen LogP contribution in [0.1, 0.15) is 52.4 Å². The first-order chi connectivity index (χ1) is 14.4. The summed E-state index contributed by atoms with van der Waals surface area (Å²) in [5.74, 6) is 0. The summed E-state index contributed by atoms with van der Waals surface area (Å²) in [6.07, 6.45) is 5.67. The summed E-state index contributed by atoms with van der Waals surface area (Å²) in [7, 11) is 0. The molecule has 0 saturated carbocycles. The third-order valence-electron chi connectivity index (χ3n) is 3.11. The van der Waals surface area contributed by atoms with Gasteiger partial charge >= 0.3 is 0 Å². The van der Waals surface area contributed by atoms with E-state index in [9.17, 15) is 0 Å². The Labute approximate surface area is 305 Å². The van der Waals surface area contributed by atoms with Gasteiger partial charge in [-0.05, 0) is 45.4 Å². The molecule has 0 bridgehead atoms. The number of epoxide rings is 2. The summed E-state index contributed by atoms with van der Waals surface area (Å²) in [6.45, 7) is 4.91. The Kier molecular flexibility index (Phi) is 96.9. The number of rotatable bonds is 9. The van der Waals surface area contributed by atoms with Gasteiger partial charge in [0.1, 0.15) is 13.6 Å². The van der Waals surface area contributed by atoms with Crippen LogP contribution in [0.5, 0.6) is 0 Å². The van der Waals surface area contributed by atoms with Gasteiger partial charge in [0.05, 0.1) is 31.5 Å². The molecule has 9 N–H and O–H groups in total. The molecule has 3 atom stereocenters. The van der Waals surface area contributed by atoms with E-state index < -0.39 is 13.6 Å². The molecule has 34 heavy (non-hydrogen) atoms. The van der Waals surface area contributed by atoms with Crippen molar-refractivity contribution in [1.82, 2.24) is 0 Å².